The van der Waals surface area contributed by atoms with Crippen molar-refractivity contribution in [3.05, 3.63) is 47.2 Å². The first-order valence-electron chi connectivity index (χ1n) is 10.2. The SMILES string of the molecule is CCCCN(C(=O)CCc1c(C)nc2c(c(OC)nn2C)c1C)c1ccccc1. The lowest BCUT2D eigenvalue weighted by Crippen LogP contribution is -2.32. The van der Waals surface area contributed by atoms with Gasteiger partial charge in [0.2, 0.25) is 11.8 Å². The zero-order chi connectivity index (χ0) is 21.0. The van der Waals surface area contributed by atoms with Gasteiger partial charge in [0.1, 0.15) is 0 Å². The topological polar surface area (TPSA) is 60.3 Å². The van der Waals surface area contributed by atoms with Crippen molar-refractivity contribution >= 4 is 22.6 Å². The minimum absolute atomic E-state index is 0.140. The quantitative estimate of drug-likeness (QED) is 0.570. The van der Waals surface area contributed by atoms with Crippen LogP contribution in [0, 0.1) is 13.8 Å². The molecular formula is C23H30N4O2. The Balaban J connectivity index is 1.86. The second kappa shape index (κ2) is 9.07. The Kier molecular flexibility index (Phi) is 6.52. The summed E-state index contributed by atoms with van der Waals surface area (Å²) in [6.07, 6.45) is 3.12. The molecule has 6 heteroatoms. The van der Waals surface area contributed by atoms with Crippen LogP contribution in [0.2, 0.25) is 0 Å². The maximum Gasteiger partial charge on any atom is 0.242 e. The molecule has 0 unspecified atom stereocenters. The van der Waals surface area contributed by atoms with E-state index in [2.05, 4.69) is 18.9 Å². The molecule has 1 aromatic carbocycles. The van der Waals surface area contributed by atoms with Gasteiger partial charge in [0.05, 0.1) is 12.5 Å². The van der Waals surface area contributed by atoms with E-state index in [0.717, 1.165) is 52.9 Å². The molecule has 2 heterocycles. The van der Waals surface area contributed by atoms with Gasteiger partial charge < -0.3 is 9.64 Å². The summed E-state index contributed by atoms with van der Waals surface area (Å²) in [5, 5.41) is 5.33. The van der Waals surface area contributed by atoms with Gasteiger partial charge in [-0.3, -0.25) is 4.79 Å². The van der Waals surface area contributed by atoms with Crippen LogP contribution in [-0.4, -0.2) is 34.3 Å². The number of carbonyl (C=O) groups is 1. The number of aromatic nitrogens is 3. The van der Waals surface area contributed by atoms with E-state index in [1.807, 2.05) is 49.2 Å². The Labute approximate surface area is 172 Å². The molecule has 2 aromatic heterocycles. The minimum atomic E-state index is 0.140. The molecule has 0 spiro atoms. The molecule has 3 rings (SSSR count). The molecule has 154 valence electrons. The molecule has 0 fully saturated rings. The molecule has 6 nitrogen and oxygen atoms in total. The molecular weight excluding hydrogens is 364 g/mol. The zero-order valence-corrected chi connectivity index (χ0v) is 18.0. The monoisotopic (exact) mass is 394 g/mol. The van der Waals surface area contributed by atoms with E-state index in [9.17, 15) is 4.79 Å². The summed E-state index contributed by atoms with van der Waals surface area (Å²) in [6, 6.07) is 9.92. The van der Waals surface area contributed by atoms with Crippen LogP contribution in [0.4, 0.5) is 5.69 Å². The number of para-hydroxylation sites is 1. The number of hydrogen-bond donors (Lipinski definition) is 0. The van der Waals surface area contributed by atoms with Gasteiger partial charge in [0.15, 0.2) is 5.65 Å². The first kappa shape index (κ1) is 20.8. The van der Waals surface area contributed by atoms with Crippen molar-refractivity contribution in [1.82, 2.24) is 14.8 Å². The summed E-state index contributed by atoms with van der Waals surface area (Å²) >= 11 is 0. The molecule has 0 saturated carbocycles. The van der Waals surface area contributed by atoms with Gasteiger partial charge in [-0.25, -0.2) is 9.67 Å². The number of hydrogen-bond acceptors (Lipinski definition) is 4. The summed E-state index contributed by atoms with van der Waals surface area (Å²) in [5.41, 5.74) is 4.89. The van der Waals surface area contributed by atoms with E-state index in [4.69, 9.17) is 9.72 Å². The Hall–Kier alpha value is -2.89. The summed E-state index contributed by atoms with van der Waals surface area (Å²) < 4.78 is 7.18. The van der Waals surface area contributed by atoms with E-state index in [-0.39, 0.29) is 5.91 Å². The maximum absolute atomic E-state index is 13.1. The molecule has 0 radical (unpaired) electrons. The third-order valence-electron chi connectivity index (χ3n) is 5.41. The second-order valence-electron chi connectivity index (χ2n) is 7.37. The van der Waals surface area contributed by atoms with E-state index in [1.54, 1.807) is 11.8 Å². The van der Waals surface area contributed by atoms with Gasteiger partial charge in [-0.05, 0) is 49.9 Å². The molecule has 0 bridgehead atoms. The van der Waals surface area contributed by atoms with Crippen LogP contribution in [-0.2, 0) is 18.3 Å². The zero-order valence-electron chi connectivity index (χ0n) is 18.0. The first-order valence-corrected chi connectivity index (χ1v) is 10.2. The predicted molar refractivity (Wildman–Crippen MR) is 117 cm³/mol. The van der Waals surface area contributed by atoms with Gasteiger partial charge in [-0.15, -0.1) is 5.10 Å². The van der Waals surface area contributed by atoms with Crippen LogP contribution in [0.1, 0.15) is 43.0 Å². The van der Waals surface area contributed by atoms with Gasteiger partial charge in [0.25, 0.3) is 0 Å². The van der Waals surface area contributed by atoms with Crippen LogP contribution in [0.15, 0.2) is 30.3 Å². The number of carbonyl (C=O) groups excluding carboxylic acids is 1. The largest absolute Gasteiger partial charge is 0.479 e. The second-order valence-corrected chi connectivity index (χ2v) is 7.37. The lowest BCUT2D eigenvalue weighted by molar-refractivity contribution is -0.118. The highest BCUT2D eigenvalue weighted by atomic mass is 16.5. The smallest absolute Gasteiger partial charge is 0.242 e. The average Bonchev–Trinajstić information content (AvgIpc) is 3.04. The molecule has 0 N–H and O–H groups in total. The number of amides is 1. The Bertz CT molecular complexity index is 995. The molecule has 0 atom stereocenters. The average molecular weight is 395 g/mol. The van der Waals surface area contributed by atoms with E-state index < -0.39 is 0 Å². The van der Waals surface area contributed by atoms with Gasteiger partial charge >= 0.3 is 0 Å². The molecule has 29 heavy (non-hydrogen) atoms. The number of unbranched alkanes of at least 4 members (excludes halogenated alkanes) is 1. The fraction of sp³-hybridized carbons (Fsp3) is 0.435. The van der Waals surface area contributed by atoms with E-state index >= 15 is 0 Å². The number of pyridine rings is 1. The number of nitrogens with zero attached hydrogens (tertiary/aromatic N) is 4. The number of methoxy groups -OCH3 is 1. The molecule has 0 aliphatic carbocycles. The summed E-state index contributed by atoms with van der Waals surface area (Å²) in [7, 11) is 3.49. The normalized spacial score (nSPS) is 11.1. The maximum atomic E-state index is 13.1. The molecule has 0 aliphatic heterocycles. The first-order chi connectivity index (χ1) is 14.0. The fourth-order valence-corrected chi connectivity index (χ4v) is 3.80. The number of fused-ring (bicyclic) bond motifs is 1. The fourth-order valence-electron chi connectivity index (χ4n) is 3.80. The van der Waals surface area contributed by atoms with Crippen molar-refractivity contribution < 1.29 is 9.53 Å². The van der Waals surface area contributed by atoms with Crippen molar-refractivity contribution in [3.63, 3.8) is 0 Å². The van der Waals surface area contributed by atoms with Crippen LogP contribution >= 0.6 is 0 Å². The highest BCUT2D eigenvalue weighted by Gasteiger charge is 2.20. The number of benzene rings is 1. The highest BCUT2D eigenvalue weighted by molar-refractivity contribution is 5.93. The lowest BCUT2D eigenvalue weighted by atomic mass is 9.99. The Morgan fingerprint density at radius 3 is 2.59 bits per heavy atom. The molecule has 0 saturated heterocycles. The lowest BCUT2D eigenvalue weighted by Gasteiger charge is -2.23. The third-order valence-corrected chi connectivity index (χ3v) is 5.41. The van der Waals surface area contributed by atoms with Gasteiger partial charge in [-0.1, -0.05) is 31.5 Å². The number of aryl methyl sites for hydroxylation is 3. The number of anilines is 1. The van der Waals surface area contributed by atoms with E-state index in [0.29, 0.717) is 18.7 Å². The highest BCUT2D eigenvalue weighted by Crippen LogP contribution is 2.30. The molecule has 0 aliphatic rings. The summed E-state index contributed by atoms with van der Waals surface area (Å²) in [4.78, 5) is 19.7. The minimum Gasteiger partial charge on any atom is -0.479 e. The Morgan fingerprint density at radius 2 is 1.93 bits per heavy atom. The molecule has 1 amide bonds. The van der Waals surface area contributed by atoms with Crippen molar-refractivity contribution in [2.24, 2.45) is 7.05 Å². The van der Waals surface area contributed by atoms with Crippen LogP contribution in [0.5, 0.6) is 5.88 Å². The summed E-state index contributed by atoms with van der Waals surface area (Å²) in [5.74, 6) is 0.718. The standard InChI is InChI=1S/C23H30N4O2/c1-6-7-15-27(18-11-9-8-10-12-18)20(28)14-13-19-16(2)21-22(24-17(19)3)26(4)25-23(21)29-5/h8-12H,6-7,13-15H2,1-5H3. The predicted octanol–water partition coefficient (Wildman–Crippen LogP) is 4.36. The molecule has 3 aromatic rings. The third kappa shape index (κ3) is 4.26. The van der Waals surface area contributed by atoms with Gasteiger partial charge in [-0.2, -0.15) is 0 Å². The number of ether oxygens (including phenoxy) is 1. The summed E-state index contributed by atoms with van der Waals surface area (Å²) in [6.45, 7) is 6.94. The van der Waals surface area contributed by atoms with Crippen LogP contribution in [0.25, 0.3) is 11.0 Å². The Morgan fingerprint density at radius 1 is 1.21 bits per heavy atom. The van der Waals surface area contributed by atoms with Crippen LogP contribution < -0.4 is 9.64 Å². The van der Waals surface area contributed by atoms with Crippen molar-refractivity contribution in [2.45, 2.75) is 46.5 Å². The van der Waals surface area contributed by atoms with Crippen molar-refractivity contribution in [2.75, 3.05) is 18.6 Å². The van der Waals surface area contributed by atoms with E-state index in [1.165, 1.54) is 0 Å². The van der Waals surface area contributed by atoms with Crippen LogP contribution in [0.3, 0.4) is 0 Å². The van der Waals surface area contributed by atoms with Gasteiger partial charge in [0, 0.05) is 31.4 Å². The number of rotatable bonds is 8. The van der Waals surface area contributed by atoms with Crippen molar-refractivity contribution in [1.29, 1.82) is 0 Å². The van der Waals surface area contributed by atoms with Crippen molar-refractivity contribution in [3.8, 4) is 5.88 Å².